The first-order valence-electron chi connectivity index (χ1n) is 6.33. The van der Waals surface area contributed by atoms with E-state index in [9.17, 15) is 8.42 Å². The summed E-state index contributed by atoms with van der Waals surface area (Å²) in [6.07, 6.45) is 4.22. The van der Waals surface area contributed by atoms with Crippen molar-refractivity contribution in [3.8, 4) is 0 Å². The minimum Gasteiger partial charge on any atom is -0.399 e. The summed E-state index contributed by atoms with van der Waals surface area (Å²) in [5, 5.41) is 0. The Morgan fingerprint density at radius 3 is 2.56 bits per heavy atom. The van der Waals surface area contributed by atoms with Crippen molar-refractivity contribution < 1.29 is 8.42 Å². The lowest BCUT2D eigenvalue weighted by Gasteiger charge is -2.08. The summed E-state index contributed by atoms with van der Waals surface area (Å²) in [4.78, 5) is 0.282. The molecule has 1 rings (SSSR count). The average molecular weight is 270 g/mol. The molecular formula is C13H22N2O2S. The van der Waals surface area contributed by atoms with Crippen molar-refractivity contribution in [2.75, 3.05) is 12.3 Å². The Hall–Kier alpha value is -1.07. The van der Waals surface area contributed by atoms with Crippen molar-refractivity contribution in [3.05, 3.63) is 23.8 Å². The second-order valence-corrected chi connectivity index (χ2v) is 6.24. The van der Waals surface area contributed by atoms with Crippen molar-refractivity contribution in [2.24, 2.45) is 0 Å². The van der Waals surface area contributed by atoms with Gasteiger partial charge in [0.15, 0.2) is 0 Å². The number of sulfonamides is 1. The largest absolute Gasteiger partial charge is 0.399 e. The predicted molar refractivity (Wildman–Crippen MR) is 74.9 cm³/mol. The van der Waals surface area contributed by atoms with Crippen molar-refractivity contribution in [1.29, 1.82) is 0 Å². The molecule has 0 fully saturated rings. The van der Waals surface area contributed by atoms with Gasteiger partial charge in [-0.3, -0.25) is 0 Å². The standard InChI is InChI=1S/C13H22N2O2S/c1-3-4-5-6-9-15-18(16,17)12-7-8-13(14)11(2)10-12/h7-8,10,15H,3-6,9,14H2,1-2H3. The van der Waals surface area contributed by atoms with Crippen LogP contribution in [0.3, 0.4) is 0 Å². The molecule has 0 aliphatic heterocycles. The number of nitrogens with one attached hydrogen (secondary N) is 1. The second-order valence-electron chi connectivity index (χ2n) is 4.48. The summed E-state index contributed by atoms with van der Waals surface area (Å²) in [7, 11) is -3.39. The summed E-state index contributed by atoms with van der Waals surface area (Å²) in [5.41, 5.74) is 7.06. The average Bonchev–Trinajstić information content (AvgIpc) is 2.32. The molecule has 5 heteroatoms. The third kappa shape index (κ3) is 4.31. The first-order valence-corrected chi connectivity index (χ1v) is 7.81. The van der Waals surface area contributed by atoms with Crippen LogP contribution in [0.4, 0.5) is 5.69 Å². The highest BCUT2D eigenvalue weighted by atomic mass is 32.2. The zero-order valence-corrected chi connectivity index (χ0v) is 11.9. The van der Waals surface area contributed by atoms with Crippen LogP contribution in [0.15, 0.2) is 23.1 Å². The van der Waals surface area contributed by atoms with Gasteiger partial charge in [0.05, 0.1) is 4.90 Å². The summed E-state index contributed by atoms with van der Waals surface area (Å²) in [6.45, 7) is 4.42. The molecule has 0 atom stereocenters. The Labute approximate surface area is 110 Å². The fourth-order valence-corrected chi connectivity index (χ4v) is 2.82. The van der Waals surface area contributed by atoms with E-state index in [1.54, 1.807) is 19.1 Å². The van der Waals surface area contributed by atoms with Gasteiger partial charge < -0.3 is 5.73 Å². The normalized spacial score (nSPS) is 11.7. The fraction of sp³-hybridized carbons (Fsp3) is 0.538. The van der Waals surface area contributed by atoms with Gasteiger partial charge in [-0.05, 0) is 37.1 Å². The van der Waals surface area contributed by atoms with Gasteiger partial charge in [0.25, 0.3) is 0 Å². The number of hydrogen-bond acceptors (Lipinski definition) is 3. The summed E-state index contributed by atoms with van der Waals surface area (Å²) in [5.74, 6) is 0. The van der Waals surface area contributed by atoms with E-state index in [1.807, 2.05) is 0 Å². The maximum atomic E-state index is 12.0. The molecule has 1 aromatic carbocycles. The monoisotopic (exact) mass is 270 g/mol. The van der Waals surface area contributed by atoms with Crippen LogP contribution in [0, 0.1) is 6.92 Å². The molecule has 0 saturated carbocycles. The first kappa shape index (κ1) is 15.0. The number of aryl methyl sites for hydroxylation is 1. The highest BCUT2D eigenvalue weighted by molar-refractivity contribution is 7.89. The maximum absolute atomic E-state index is 12.0. The third-order valence-electron chi connectivity index (χ3n) is 2.87. The van der Waals surface area contributed by atoms with Crippen LogP contribution in [0.1, 0.15) is 38.2 Å². The third-order valence-corrected chi connectivity index (χ3v) is 4.33. The molecule has 0 saturated heterocycles. The van der Waals surface area contributed by atoms with E-state index in [0.29, 0.717) is 12.2 Å². The van der Waals surface area contributed by atoms with Crippen LogP contribution in [0.25, 0.3) is 0 Å². The van der Waals surface area contributed by atoms with Crippen LogP contribution in [0.2, 0.25) is 0 Å². The number of rotatable bonds is 7. The number of nitrogen functional groups attached to an aromatic ring is 1. The Bertz CT molecular complexity index is 484. The molecule has 0 radical (unpaired) electrons. The van der Waals surface area contributed by atoms with Crippen molar-refractivity contribution in [3.63, 3.8) is 0 Å². The lowest BCUT2D eigenvalue weighted by atomic mass is 10.2. The molecule has 18 heavy (non-hydrogen) atoms. The predicted octanol–water partition coefficient (Wildman–Crippen LogP) is 2.44. The fourth-order valence-electron chi connectivity index (χ4n) is 1.66. The van der Waals surface area contributed by atoms with E-state index in [0.717, 1.165) is 31.2 Å². The quantitative estimate of drug-likeness (QED) is 0.590. The lowest BCUT2D eigenvalue weighted by Crippen LogP contribution is -2.24. The zero-order valence-electron chi connectivity index (χ0n) is 11.1. The topological polar surface area (TPSA) is 72.2 Å². The van der Waals surface area contributed by atoms with Gasteiger partial charge in [-0.15, -0.1) is 0 Å². The van der Waals surface area contributed by atoms with Crippen LogP contribution in [0.5, 0.6) is 0 Å². The molecule has 102 valence electrons. The smallest absolute Gasteiger partial charge is 0.240 e. The van der Waals surface area contributed by atoms with Crippen LogP contribution in [-0.2, 0) is 10.0 Å². The molecule has 0 spiro atoms. The summed E-state index contributed by atoms with van der Waals surface area (Å²) < 4.78 is 26.6. The van der Waals surface area contributed by atoms with Crippen LogP contribution >= 0.6 is 0 Å². The van der Waals surface area contributed by atoms with Gasteiger partial charge in [-0.1, -0.05) is 26.2 Å². The minimum absolute atomic E-state index is 0.282. The van der Waals surface area contributed by atoms with Gasteiger partial charge in [0.2, 0.25) is 10.0 Å². The molecule has 0 amide bonds. The van der Waals surface area contributed by atoms with Crippen LogP contribution in [-0.4, -0.2) is 15.0 Å². The van der Waals surface area contributed by atoms with E-state index in [2.05, 4.69) is 11.6 Å². The SMILES string of the molecule is CCCCCCNS(=O)(=O)c1ccc(N)c(C)c1. The number of hydrogen-bond donors (Lipinski definition) is 2. The molecule has 1 aromatic rings. The first-order chi connectivity index (χ1) is 8.47. The van der Waals surface area contributed by atoms with E-state index >= 15 is 0 Å². The van der Waals surface area contributed by atoms with E-state index < -0.39 is 10.0 Å². The number of benzene rings is 1. The zero-order chi connectivity index (χ0) is 13.6. The van der Waals surface area contributed by atoms with Gasteiger partial charge >= 0.3 is 0 Å². The molecule has 0 aromatic heterocycles. The Balaban J connectivity index is 2.60. The van der Waals surface area contributed by atoms with Crippen molar-refractivity contribution in [2.45, 2.75) is 44.4 Å². The van der Waals surface area contributed by atoms with Gasteiger partial charge in [-0.2, -0.15) is 0 Å². The molecule has 0 bridgehead atoms. The minimum atomic E-state index is -3.39. The molecule has 0 unspecified atom stereocenters. The molecule has 0 heterocycles. The van der Waals surface area contributed by atoms with Gasteiger partial charge in [0, 0.05) is 12.2 Å². The van der Waals surface area contributed by atoms with E-state index in [1.165, 1.54) is 6.07 Å². The van der Waals surface area contributed by atoms with Crippen molar-refractivity contribution >= 4 is 15.7 Å². The van der Waals surface area contributed by atoms with Gasteiger partial charge in [0.1, 0.15) is 0 Å². The molecule has 3 N–H and O–H groups in total. The molecule has 4 nitrogen and oxygen atoms in total. The van der Waals surface area contributed by atoms with E-state index in [-0.39, 0.29) is 4.90 Å². The summed E-state index contributed by atoms with van der Waals surface area (Å²) >= 11 is 0. The number of anilines is 1. The van der Waals surface area contributed by atoms with Gasteiger partial charge in [-0.25, -0.2) is 13.1 Å². The van der Waals surface area contributed by atoms with E-state index in [4.69, 9.17) is 5.73 Å². The molecular weight excluding hydrogens is 248 g/mol. The number of unbranched alkanes of at least 4 members (excludes halogenated alkanes) is 3. The molecule has 0 aliphatic rings. The molecule has 0 aliphatic carbocycles. The highest BCUT2D eigenvalue weighted by Crippen LogP contribution is 2.16. The second kappa shape index (κ2) is 6.75. The van der Waals surface area contributed by atoms with Crippen LogP contribution < -0.4 is 10.5 Å². The summed E-state index contributed by atoms with van der Waals surface area (Å²) in [6, 6.07) is 4.77. The lowest BCUT2D eigenvalue weighted by molar-refractivity contribution is 0.573. The number of nitrogens with two attached hydrogens (primary N) is 1. The highest BCUT2D eigenvalue weighted by Gasteiger charge is 2.13. The van der Waals surface area contributed by atoms with Crippen molar-refractivity contribution in [1.82, 2.24) is 4.72 Å². The maximum Gasteiger partial charge on any atom is 0.240 e. The Morgan fingerprint density at radius 2 is 1.94 bits per heavy atom. The Morgan fingerprint density at radius 1 is 1.22 bits per heavy atom. The Kier molecular flexibility index (Phi) is 5.62.